The van der Waals surface area contributed by atoms with E-state index in [1.165, 1.54) is 25.7 Å². The van der Waals surface area contributed by atoms with Crippen molar-refractivity contribution >= 4 is 0 Å². The topological polar surface area (TPSA) is 32.3 Å². The molecule has 2 rings (SSSR count). The van der Waals surface area contributed by atoms with E-state index in [-0.39, 0.29) is 12.1 Å². The Morgan fingerprint density at radius 1 is 1.27 bits per heavy atom. The molecule has 0 heterocycles. The second-order valence-electron chi connectivity index (χ2n) is 6.17. The number of hydrogen-bond donors (Lipinski definition) is 2. The van der Waals surface area contributed by atoms with Crippen LogP contribution in [0.15, 0.2) is 0 Å². The molecule has 2 nitrogen and oxygen atoms in total. The van der Waals surface area contributed by atoms with Crippen LogP contribution in [0.1, 0.15) is 46.0 Å². The molecule has 2 bridgehead atoms. The van der Waals surface area contributed by atoms with Crippen molar-refractivity contribution in [3.63, 3.8) is 0 Å². The van der Waals surface area contributed by atoms with Gasteiger partial charge in [0.2, 0.25) is 0 Å². The van der Waals surface area contributed by atoms with E-state index in [4.69, 9.17) is 5.11 Å². The number of hydrogen-bond acceptors (Lipinski definition) is 2. The highest BCUT2D eigenvalue weighted by Gasteiger charge is 2.39. The molecule has 0 saturated heterocycles. The zero-order valence-corrected chi connectivity index (χ0v) is 10.1. The summed E-state index contributed by atoms with van der Waals surface area (Å²) >= 11 is 0. The van der Waals surface area contributed by atoms with E-state index in [0.29, 0.717) is 0 Å². The number of rotatable bonds is 5. The first-order chi connectivity index (χ1) is 7.11. The molecule has 2 fully saturated rings. The first-order valence-electron chi connectivity index (χ1n) is 6.46. The smallest absolute Gasteiger partial charge is 0.0448 e. The van der Waals surface area contributed by atoms with Gasteiger partial charge in [-0.15, -0.1) is 0 Å². The molecule has 2 N–H and O–H groups in total. The lowest BCUT2D eigenvalue weighted by Gasteiger charge is -2.30. The van der Waals surface area contributed by atoms with Gasteiger partial charge in [-0.1, -0.05) is 6.42 Å². The Balaban J connectivity index is 1.74. The Labute approximate surface area is 93.5 Å². The van der Waals surface area contributed by atoms with Gasteiger partial charge in [0, 0.05) is 12.1 Å². The van der Waals surface area contributed by atoms with Crippen LogP contribution in [0.3, 0.4) is 0 Å². The average molecular weight is 211 g/mol. The van der Waals surface area contributed by atoms with Gasteiger partial charge in [0.1, 0.15) is 0 Å². The summed E-state index contributed by atoms with van der Waals surface area (Å²) in [7, 11) is 0. The van der Waals surface area contributed by atoms with Crippen LogP contribution in [-0.4, -0.2) is 23.8 Å². The lowest BCUT2D eigenvalue weighted by molar-refractivity contribution is 0.214. The molecule has 0 amide bonds. The summed E-state index contributed by atoms with van der Waals surface area (Å²) in [4.78, 5) is 0. The van der Waals surface area contributed by atoms with E-state index >= 15 is 0 Å². The normalized spacial score (nSPS) is 35.0. The molecule has 15 heavy (non-hydrogen) atoms. The fourth-order valence-corrected chi connectivity index (χ4v) is 3.40. The molecule has 2 aliphatic rings. The summed E-state index contributed by atoms with van der Waals surface area (Å²) in [6, 6.07) is 0. The number of aliphatic hydroxyl groups is 1. The van der Waals surface area contributed by atoms with Crippen molar-refractivity contribution in [1.29, 1.82) is 0 Å². The number of nitrogens with one attached hydrogen (secondary N) is 1. The maximum absolute atomic E-state index is 8.96. The molecular formula is C13H25NO. The van der Waals surface area contributed by atoms with Crippen molar-refractivity contribution in [2.45, 2.75) is 51.5 Å². The van der Waals surface area contributed by atoms with E-state index in [1.807, 2.05) is 0 Å². The zero-order chi connectivity index (χ0) is 10.9. The van der Waals surface area contributed by atoms with Crippen LogP contribution in [0, 0.1) is 17.8 Å². The summed E-state index contributed by atoms with van der Waals surface area (Å²) in [5, 5.41) is 12.6. The van der Waals surface area contributed by atoms with Gasteiger partial charge in [-0.25, -0.2) is 0 Å². The summed E-state index contributed by atoms with van der Waals surface area (Å²) in [6.45, 7) is 5.83. The number of aliphatic hydroxyl groups excluding tert-OH is 1. The highest BCUT2D eigenvalue weighted by atomic mass is 16.3. The molecule has 0 aromatic carbocycles. The van der Waals surface area contributed by atoms with Gasteiger partial charge < -0.3 is 10.4 Å². The minimum absolute atomic E-state index is 0.108. The Kier molecular flexibility index (Phi) is 3.36. The first kappa shape index (κ1) is 11.4. The van der Waals surface area contributed by atoms with Crippen molar-refractivity contribution < 1.29 is 5.11 Å². The molecule has 2 saturated carbocycles. The molecule has 2 aliphatic carbocycles. The summed E-state index contributed by atoms with van der Waals surface area (Å²) in [5.74, 6) is 2.97. The van der Waals surface area contributed by atoms with E-state index in [1.54, 1.807) is 0 Å². The van der Waals surface area contributed by atoms with Crippen molar-refractivity contribution in [3.8, 4) is 0 Å². The Morgan fingerprint density at radius 3 is 2.60 bits per heavy atom. The second kappa shape index (κ2) is 4.42. The van der Waals surface area contributed by atoms with Gasteiger partial charge in [0.15, 0.2) is 0 Å². The molecule has 0 spiro atoms. The molecule has 3 atom stereocenters. The van der Waals surface area contributed by atoms with Crippen molar-refractivity contribution in [2.24, 2.45) is 17.8 Å². The molecule has 2 heteroatoms. The quantitative estimate of drug-likeness (QED) is 0.730. The summed E-state index contributed by atoms with van der Waals surface area (Å²) in [6.07, 6.45) is 6.76. The van der Waals surface area contributed by atoms with E-state index in [2.05, 4.69) is 19.2 Å². The molecule has 0 aliphatic heterocycles. The van der Waals surface area contributed by atoms with Crippen molar-refractivity contribution in [1.82, 2.24) is 5.32 Å². The van der Waals surface area contributed by atoms with Crippen LogP contribution in [0.2, 0.25) is 0 Å². The third kappa shape index (κ3) is 2.73. The van der Waals surface area contributed by atoms with Gasteiger partial charge in [-0.2, -0.15) is 0 Å². The van der Waals surface area contributed by atoms with Gasteiger partial charge in [-0.05, 0) is 63.8 Å². The minimum Gasteiger partial charge on any atom is -0.396 e. The maximum atomic E-state index is 8.96. The van der Waals surface area contributed by atoms with Crippen molar-refractivity contribution in [2.75, 3.05) is 13.2 Å². The molecular weight excluding hydrogens is 186 g/mol. The fraction of sp³-hybridized carbons (Fsp3) is 1.00. The predicted octanol–water partition coefficient (Wildman–Crippen LogP) is 2.17. The average Bonchev–Trinajstić information content (AvgIpc) is 2.75. The maximum Gasteiger partial charge on any atom is 0.0448 e. The Hall–Kier alpha value is -0.0800. The van der Waals surface area contributed by atoms with Crippen LogP contribution >= 0.6 is 0 Å². The lowest BCUT2D eigenvalue weighted by Crippen LogP contribution is -2.43. The van der Waals surface area contributed by atoms with E-state index in [9.17, 15) is 0 Å². The predicted molar refractivity (Wildman–Crippen MR) is 62.7 cm³/mol. The monoisotopic (exact) mass is 211 g/mol. The number of fused-ring (bicyclic) bond motifs is 2. The highest BCUT2D eigenvalue weighted by Crippen LogP contribution is 2.48. The molecule has 88 valence electrons. The standard InChI is InChI=1S/C13H25NO/c1-13(2,5-6-15)14-9-12-8-10-3-4-11(12)7-10/h10-12,14-15H,3-9H2,1-2H3. The largest absolute Gasteiger partial charge is 0.396 e. The van der Waals surface area contributed by atoms with Gasteiger partial charge in [0.05, 0.1) is 0 Å². The molecule has 3 unspecified atom stereocenters. The highest BCUT2D eigenvalue weighted by molar-refractivity contribution is 4.92. The SMILES string of the molecule is CC(C)(CCO)NCC1CC2CCC1C2. The summed E-state index contributed by atoms with van der Waals surface area (Å²) < 4.78 is 0. The molecule has 0 radical (unpaired) electrons. The Morgan fingerprint density at radius 2 is 2.07 bits per heavy atom. The Bertz CT molecular complexity index is 215. The van der Waals surface area contributed by atoms with E-state index < -0.39 is 0 Å². The second-order valence-corrected chi connectivity index (χ2v) is 6.17. The van der Waals surface area contributed by atoms with Gasteiger partial charge >= 0.3 is 0 Å². The summed E-state index contributed by atoms with van der Waals surface area (Å²) in [5.41, 5.74) is 0.108. The van der Waals surface area contributed by atoms with Gasteiger partial charge in [-0.3, -0.25) is 0 Å². The van der Waals surface area contributed by atoms with E-state index in [0.717, 1.165) is 30.7 Å². The van der Waals surface area contributed by atoms with Crippen LogP contribution in [0.4, 0.5) is 0 Å². The van der Waals surface area contributed by atoms with Crippen LogP contribution in [0.5, 0.6) is 0 Å². The minimum atomic E-state index is 0.108. The van der Waals surface area contributed by atoms with Gasteiger partial charge in [0.25, 0.3) is 0 Å². The lowest BCUT2D eigenvalue weighted by atomic mass is 9.88. The van der Waals surface area contributed by atoms with Crippen LogP contribution in [0.25, 0.3) is 0 Å². The van der Waals surface area contributed by atoms with Crippen molar-refractivity contribution in [3.05, 3.63) is 0 Å². The first-order valence-corrected chi connectivity index (χ1v) is 6.46. The fourth-order valence-electron chi connectivity index (χ4n) is 3.40. The molecule has 0 aromatic heterocycles. The molecule has 0 aromatic rings. The van der Waals surface area contributed by atoms with Crippen LogP contribution < -0.4 is 5.32 Å². The third-order valence-corrected chi connectivity index (χ3v) is 4.46. The zero-order valence-electron chi connectivity index (χ0n) is 10.1. The third-order valence-electron chi connectivity index (χ3n) is 4.46. The van der Waals surface area contributed by atoms with Crippen LogP contribution in [-0.2, 0) is 0 Å².